The Kier molecular flexibility index (Phi) is 4.69. The Labute approximate surface area is 143 Å². The zero-order chi connectivity index (χ0) is 17.8. The van der Waals surface area contributed by atoms with E-state index in [1.807, 2.05) is 0 Å². The van der Waals surface area contributed by atoms with Crippen LogP contribution in [0.25, 0.3) is 0 Å². The number of anilines is 1. The second kappa shape index (κ2) is 7.08. The summed E-state index contributed by atoms with van der Waals surface area (Å²) in [6, 6.07) is 9.04. The molecule has 3 rings (SSSR count). The van der Waals surface area contributed by atoms with E-state index in [-0.39, 0.29) is 11.4 Å². The van der Waals surface area contributed by atoms with Crippen LogP contribution in [0.5, 0.6) is 17.2 Å². The fourth-order valence-electron chi connectivity index (χ4n) is 2.40. The second-order valence-corrected chi connectivity index (χ2v) is 5.18. The monoisotopic (exact) mass is 344 g/mol. The van der Waals surface area contributed by atoms with E-state index in [0.29, 0.717) is 42.6 Å². The van der Waals surface area contributed by atoms with E-state index in [2.05, 4.69) is 5.32 Å². The van der Waals surface area contributed by atoms with E-state index in [1.165, 1.54) is 12.1 Å². The fraction of sp³-hybridized carbons (Fsp3) is 0.235. The van der Waals surface area contributed by atoms with E-state index >= 15 is 0 Å². The number of nitro benzene ring substituents is 1. The Bertz CT molecular complexity index is 821. The molecular formula is C17H16N2O6. The van der Waals surface area contributed by atoms with Crippen LogP contribution in [0.15, 0.2) is 36.4 Å². The Hall–Kier alpha value is -3.29. The van der Waals surface area contributed by atoms with Crippen molar-refractivity contribution >= 4 is 17.3 Å². The molecule has 2 aromatic rings. The Morgan fingerprint density at radius 2 is 1.96 bits per heavy atom. The van der Waals surface area contributed by atoms with Crippen molar-refractivity contribution in [2.45, 2.75) is 6.92 Å². The number of nitrogens with zero attached hydrogens (tertiary/aromatic N) is 1. The first kappa shape index (κ1) is 16.6. The van der Waals surface area contributed by atoms with Crippen LogP contribution in [0.4, 0.5) is 11.4 Å². The topological polar surface area (TPSA) is 99.9 Å². The number of carbonyl (C=O) groups is 1. The molecule has 0 saturated heterocycles. The molecule has 0 aromatic heterocycles. The van der Waals surface area contributed by atoms with Crippen molar-refractivity contribution in [1.82, 2.24) is 0 Å². The van der Waals surface area contributed by atoms with Gasteiger partial charge in [0.2, 0.25) is 0 Å². The molecule has 0 spiro atoms. The highest BCUT2D eigenvalue weighted by Gasteiger charge is 2.20. The summed E-state index contributed by atoms with van der Waals surface area (Å²) in [5.41, 5.74) is 0.164. The molecule has 0 radical (unpaired) electrons. The van der Waals surface area contributed by atoms with Gasteiger partial charge in [-0.3, -0.25) is 14.9 Å². The van der Waals surface area contributed by atoms with Gasteiger partial charge in [-0.05, 0) is 37.3 Å². The van der Waals surface area contributed by atoms with Crippen molar-refractivity contribution in [3.8, 4) is 17.2 Å². The zero-order valence-corrected chi connectivity index (χ0v) is 13.5. The lowest BCUT2D eigenvalue weighted by Gasteiger charge is -2.18. The quantitative estimate of drug-likeness (QED) is 0.661. The smallest absolute Gasteiger partial charge is 0.296 e. The lowest BCUT2D eigenvalue weighted by molar-refractivity contribution is -0.384. The second-order valence-electron chi connectivity index (χ2n) is 5.18. The highest BCUT2D eigenvalue weighted by molar-refractivity contribution is 6.05. The lowest BCUT2D eigenvalue weighted by Crippen LogP contribution is -2.17. The number of rotatable bonds is 5. The molecule has 2 aromatic carbocycles. The van der Waals surface area contributed by atoms with Crippen molar-refractivity contribution in [2.24, 2.45) is 0 Å². The van der Waals surface area contributed by atoms with Crippen LogP contribution >= 0.6 is 0 Å². The maximum atomic E-state index is 12.4. The van der Waals surface area contributed by atoms with Crippen LogP contribution in [0.3, 0.4) is 0 Å². The predicted octanol–water partition coefficient (Wildman–Crippen LogP) is 3.02. The summed E-state index contributed by atoms with van der Waals surface area (Å²) in [5.74, 6) is 0.922. The van der Waals surface area contributed by atoms with Gasteiger partial charge in [-0.25, -0.2) is 0 Å². The first-order valence-electron chi connectivity index (χ1n) is 7.70. The Balaban J connectivity index is 1.84. The molecule has 1 amide bonds. The number of nitro groups is 1. The summed E-state index contributed by atoms with van der Waals surface area (Å²) < 4.78 is 16.1. The summed E-state index contributed by atoms with van der Waals surface area (Å²) >= 11 is 0. The van der Waals surface area contributed by atoms with E-state index in [1.54, 1.807) is 31.2 Å². The number of amides is 1. The van der Waals surface area contributed by atoms with Crippen molar-refractivity contribution < 1.29 is 23.9 Å². The Morgan fingerprint density at radius 1 is 1.20 bits per heavy atom. The SMILES string of the molecule is CCOc1ccc(NC(=O)c2ccc3c(c2)OCCO3)c([N+](=O)[O-])c1. The van der Waals surface area contributed by atoms with Gasteiger partial charge in [-0.15, -0.1) is 0 Å². The minimum atomic E-state index is -0.568. The van der Waals surface area contributed by atoms with Gasteiger partial charge in [0.05, 0.1) is 17.6 Å². The highest BCUT2D eigenvalue weighted by Crippen LogP contribution is 2.32. The number of fused-ring (bicyclic) bond motifs is 1. The first-order valence-corrected chi connectivity index (χ1v) is 7.70. The van der Waals surface area contributed by atoms with Gasteiger partial charge in [0, 0.05) is 5.56 Å². The molecule has 0 unspecified atom stereocenters. The minimum Gasteiger partial charge on any atom is -0.494 e. The van der Waals surface area contributed by atoms with Crippen molar-refractivity contribution in [1.29, 1.82) is 0 Å². The van der Waals surface area contributed by atoms with Crippen molar-refractivity contribution in [3.05, 3.63) is 52.1 Å². The molecule has 25 heavy (non-hydrogen) atoms. The minimum absolute atomic E-state index is 0.0911. The van der Waals surface area contributed by atoms with E-state index in [4.69, 9.17) is 14.2 Å². The maximum Gasteiger partial charge on any atom is 0.296 e. The maximum absolute atomic E-state index is 12.4. The average Bonchev–Trinajstić information content (AvgIpc) is 2.62. The number of nitrogens with one attached hydrogen (secondary N) is 1. The third-order valence-corrected chi connectivity index (χ3v) is 3.53. The standard InChI is InChI=1S/C17H16N2O6/c1-2-23-12-4-5-13(14(10-12)19(21)22)18-17(20)11-3-6-15-16(9-11)25-8-7-24-15/h3-6,9-10H,2,7-8H2,1H3,(H,18,20). The van der Waals surface area contributed by atoms with Crippen LogP contribution in [0.2, 0.25) is 0 Å². The van der Waals surface area contributed by atoms with Crippen molar-refractivity contribution in [3.63, 3.8) is 0 Å². The van der Waals surface area contributed by atoms with Crippen LogP contribution in [0.1, 0.15) is 17.3 Å². The summed E-state index contributed by atoms with van der Waals surface area (Å²) in [6.07, 6.45) is 0. The average molecular weight is 344 g/mol. The summed E-state index contributed by atoms with van der Waals surface area (Å²) in [6.45, 7) is 3.03. The predicted molar refractivity (Wildman–Crippen MR) is 89.7 cm³/mol. The zero-order valence-electron chi connectivity index (χ0n) is 13.5. The van der Waals surface area contributed by atoms with Crippen LogP contribution in [-0.4, -0.2) is 30.7 Å². The third-order valence-electron chi connectivity index (χ3n) is 3.53. The van der Waals surface area contributed by atoms with E-state index < -0.39 is 10.8 Å². The molecule has 1 aliphatic rings. The molecule has 130 valence electrons. The van der Waals surface area contributed by atoms with Gasteiger partial charge < -0.3 is 19.5 Å². The van der Waals surface area contributed by atoms with Gasteiger partial charge in [-0.1, -0.05) is 0 Å². The lowest BCUT2D eigenvalue weighted by atomic mass is 10.1. The molecule has 1 N–H and O–H groups in total. The van der Waals surface area contributed by atoms with Crippen molar-refractivity contribution in [2.75, 3.05) is 25.1 Å². The van der Waals surface area contributed by atoms with Gasteiger partial charge >= 0.3 is 0 Å². The molecular weight excluding hydrogens is 328 g/mol. The molecule has 0 bridgehead atoms. The third kappa shape index (κ3) is 3.63. The van der Waals surface area contributed by atoms with Gasteiger partial charge in [0.25, 0.3) is 11.6 Å². The first-order chi connectivity index (χ1) is 12.1. The van der Waals surface area contributed by atoms with Crippen LogP contribution in [-0.2, 0) is 0 Å². The molecule has 0 aliphatic carbocycles. The normalized spacial score (nSPS) is 12.4. The number of hydrogen-bond acceptors (Lipinski definition) is 6. The Morgan fingerprint density at radius 3 is 2.68 bits per heavy atom. The molecule has 1 aliphatic heterocycles. The highest BCUT2D eigenvalue weighted by atomic mass is 16.6. The number of benzene rings is 2. The largest absolute Gasteiger partial charge is 0.494 e. The number of hydrogen-bond donors (Lipinski definition) is 1. The van der Waals surface area contributed by atoms with E-state index in [9.17, 15) is 14.9 Å². The van der Waals surface area contributed by atoms with Gasteiger partial charge in [0.15, 0.2) is 11.5 Å². The van der Waals surface area contributed by atoms with Gasteiger partial charge in [0.1, 0.15) is 24.7 Å². The molecule has 0 fully saturated rings. The molecule has 8 nitrogen and oxygen atoms in total. The van der Waals surface area contributed by atoms with Gasteiger partial charge in [-0.2, -0.15) is 0 Å². The molecule has 0 atom stereocenters. The molecule has 0 saturated carbocycles. The molecule has 8 heteroatoms. The summed E-state index contributed by atoms with van der Waals surface area (Å²) in [4.78, 5) is 23.1. The van der Waals surface area contributed by atoms with Crippen LogP contribution < -0.4 is 19.5 Å². The number of ether oxygens (including phenoxy) is 3. The summed E-state index contributed by atoms with van der Waals surface area (Å²) in [7, 11) is 0. The van der Waals surface area contributed by atoms with E-state index in [0.717, 1.165) is 0 Å². The summed E-state index contributed by atoms with van der Waals surface area (Å²) in [5, 5.41) is 13.8. The van der Waals surface area contributed by atoms with Crippen LogP contribution in [0, 0.1) is 10.1 Å². The fourth-order valence-corrected chi connectivity index (χ4v) is 2.40. The number of carbonyl (C=O) groups excluding carboxylic acids is 1. The molecule has 1 heterocycles.